The Hall–Kier alpha value is -2.12. The SMILES string of the molecule is OCc1cc(C2(c3cc(CO)c(O)c(CO)c3)CCCCCC2)cc(CO)c1O. The number of hydrogen-bond donors (Lipinski definition) is 6. The quantitative estimate of drug-likeness (QED) is 0.413. The minimum Gasteiger partial charge on any atom is -0.507 e. The molecule has 1 saturated carbocycles. The summed E-state index contributed by atoms with van der Waals surface area (Å²) in [6, 6.07) is 7.13. The first-order valence-electron chi connectivity index (χ1n) is 10.1. The van der Waals surface area contributed by atoms with Crippen LogP contribution in [0.15, 0.2) is 24.3 Å². The highest BCUT2D eigenvalue weighted by atomic mass is 16.3. The molecule has 0 heterocycles. The molecule has 6 nitrogen and oxygen atoms in total. The first-order chi connectivity index (χ1) is 14.0. The first-order valence-corrected chi connectivity index (χ1v) is 10.1. The molecule has 0 unspecified atom stereocenters. The summed E-state index contributed by atoms with van der Waals surface area (Å²) in [6.45, 7) is -1.38. The highest BCUT2D eigenvalue weighted by Crippen LogP contribution is 2.47. The predicted molar refractivity (Wildman–Crippen MR) is 108 cm³/mol. The van der Waals surface area contributed by atoms with Crippen LogP contribution in [0.4, 0.5) is 0 Å². The van der Waals surface area contributed by atoms with Crippen molar-refractivity contribution >= 4 is 0 Å². The van der Waals surface area contributed by atoms with Crippen LogP contribution in [-0.4, -0.2) is 30.6 Å². The van der Waals surface area contributed by atoms with E-state index >= 15 is 0 Å². The van der Waals surface area contributed by atoms with E-state index in [2.05, 4.69) is 0 Å². The molecule has 0 spiro atoms. The van der Waals surface area contributed by atoms with Gasteiger partial charge in [-0.2, -0.15) is 0 Å². The van der Waals surface area contributed by atoms with Gasteiger partial charge in [-0.3, -0.25) is 0 Å². The summed E-state index contributed by atoms with van der Waals surface area (Å²) in [7, 11) is 0. The van der Waals surface area contributed by atoms with E-state index in [1.807, 2.05) is 0 Å². The summed E-state index contributed by atoms with van der Waals surface area (Å²) in [6.07, 6.45) is 5.78. The average Bonchev–Trinajstić information content (AvgIpc) is 3.01. The maximum Gasteiger partial charge on any atom is 0.126 e. The lowest BCUT2D eigenvalue weighted by atomic mass is 9.68. The molecule has 29 heavy (non-hydrogen) atoms. The monoisotopic (exact) mass is 402 g/mol. The molecule has 0 bridgehead atoms. The Kier molecular flexibility index (Phi) is 6.80. The van der Waals surface area contributed by atoms with Crippen LogP contribution in [0, 0.1) is 0 Å². The van der Waals surface area contributed by atoms with E-state index in [4.69, 9.17) is 0 Å². The van der Waals surface area contributed by atoms with Crippen LogP contribution >= 0.6 is 0 Å². The van der Waals surface area contributed by atoms with Gasteiger partial charge in [-0.1, -0.05) is 25.7 Å². The van der Waals surface area contributed by atoms with Gasteiger partial charge in [-0.05, 0) is 48.2 Å². The maximum absolute atomic E-state index is 10.3. The van der Waals surface area contributed by atoms with Gasteiger partial charge < -0.3 is 30.6 Å². The van der Waals surface area contributed by atoms with Crippen molar-refractivity contribution in [3.05, 3.63) is 57.6 Å². The van der Waals surface area contributed by atoms with Crippen LogP contribution < -0.4 is 0 Å². The van der Waals surface area contributed by atoms with Crippen molar-refractivity contribution < 1.29 is 30.6 Å². The Labute approximate surface area is 170 Å². The largest absolute Gasteiger partial charge is 0.507 e. The van der Waals surface area contributed by atoms with Crippen LogP contribution in [0.3, 0.4) is 0 Å². The molecule has 6 N–H and O–H groups in total. The van der Waals surface area contributed by atoms with Crippen molar-refractivity contribution in [2.45, 2.75) is 70.4 Å². The fourth-order valence-corrected chi connectivity index (χ4v) is 4.63. The van der Waals surface area contributed by atoms with Crippen molar-refractivity contribution in [2.75, 3.05) is 0 Å². The van der Waals surface area contributed by atoms with Gasteiger partial charge in [0, 0.05) is 27.7 Å². The Balaban J connectivity index is 2.28. The molecular weight excluding hydrogens is 372 g/mol. The molecule has 1 aliphatic rings. The minimum atomic E-state index is -0.473. The molecule has 0 radical (unpaired) electrons. The maximum atomic E-state index is 10.3. The van der Waals surface area contributed by atoms with Gasteiger partial charge >= 0.3 is 0 Å². The van der Waals surface area contributed by atoms with Gasteiger partial charge in [0.1, 0.15) is 11.5 Å². The zero-order valence-electron chi connectivity index (χ0n) is 16.6. The van der Waals surface area contributed by atoms with Gasteiger partial charge in [-0.25, -0.2) is 0 Å². The van der Waals surface area contributed by atoms with Crippen LogP contribution in [0.25, 0.3) is 0 Å². The van der Waals surface area contributed by atoms with Crippen LogP contribution in [0.1, 0.15) is 71.9 Å². The van der Waals surface area contributed by atoms with E-state index in [9.17, 15) is 30.6 Å². The van der Waals surface area contributed by atoms with Crippen LogP contribution in [-0.2, 0) is 31.8 Å². The standard InChI is InChI=1S/C23H30O6/c24-11-15-7-19(8-16(12-25)21(15)28)23(5-3-1-2-4-6-23)20-9-17(13-26)22(29)18(10-20)14-27/h7-10,24-29H,1-6,11-14H2. The van der Waals surface area contributed by atoms with E-state index in [0.717, 1.165) is 49.7 Å². The highest BCUT2D eigenvalue weighted by molar-refractivity contribution is 5.53. The molecule has 3 rings (SSSR count). The molecule has 0 amide bonds. The van der Waals surface area contributed by atoms with E-state index in [0.29, 0.717) is 22.3 Å². The molecule has 0 aromatic heterocycles. The summed E-state index contributed by atoms with van der Waals surface area (Å²) < 4.78 is 0. The lowest BCUT2D eigenvalue weighted by Crippen LogP contribution is -2.28. The Morgan fingerprint density at radius 2 is 0.862 bits per heavy atom. The fraction of sp³-hybridized carbons (Fsp3) is 0.478. The zero-order valence-corrected chi connectivity index (χ0v) is 16.6. The van der Waals surface area contributed by atoms with Crippen molar-refractivity contribution in [3.63, 3.8) is 0 Å². The van der Waals surface area contributed by atoms with E-state index < -0.39 is 5.41 Å². The molecule has 0 aliphatic heterocycles. The minimum absolute atomic E-state index is 0.0969. The van der Waals surface area contributed by atoms with Crippen molar-refractivity contribution in [2.24, 2.45) is 0 Å². The number of benzene rings is 2. The first kappa shape index (κ1) is 21.6. The number of hydrogen-bond acceptors (Lipinski definition) is 6. The third-order valence-corrected chi connectivity index (χ3v) is 6.28. The van der Waals surface area contributed by atoms with Crippen LogP contribution in [0.5, 0.6) is 11.5 Å². The van der Waals surface area contributed by atoms with E-state index in [1.165, 1.54) is 0 Å². The second-order valence-corrected chi connectivity index (χ2v) is 7.91. The van der Waals surface area contributed by atoms with E-state index in [1.54, 1.807) is 24.3 Å². The molecule has 158 valence electrons. The number of aliphatic hydroxyl groups excluding tert-OH is 4. The summed E-state index contributed by atoms with van der Waals surface area (Å²) in [4.78, 5) is 0. The molecular formula is C23H30O6. The predicted octanol–water partition coefficient (Wildman–Crippen LogP) is 2.71. The normalized spacial score (nSPS) is 16.6. The second-order valence-electron chi connectivity index (χ2n) is 7.91. The highest BCUT2D eigenvalue weighted by Gasteiger charge is 2.36. The fourth-order valence-electron chi connectivity index (χ4n) is 4.63. The van der Waals surface area contributed by atoms with E-state index in [-0.39, 0.29) is 37.9 Å². The van der Waals surface area contributed by atoms with Crippen molar-refractivity contribution in [3.8, 4) is 11.5 Å². The molecule has 0 saturated heterocycles. The third-order valence-electron chi connectivity index (χ3n) is 6.28. The van der Waals surface area contributed by atoms with Gasteiger partial charge in [0.25, 0.3) is 0 Å². The summed E-state index contributed by atoms with van der Waals surface area (Å²) in [5, 5.41) is 59.5. The topological polar surface area (TPSA) is 121 Å². The zero-order chi connectivity index (χ0) is 21.0. The molecule has 6 heteroatoms. The second kappa shape index (κ2) is 9.13. The molecule has 1 aliphatic carbocycles. The van der Waals surface area contributed by atoms with Gasteiger partial charge in [0.05, 0.1) is 26.4 Å². The van der Waals surface area contributed by atoms with Gasteiger partial charge in [-0.15, -0.1) is 0 Å². The van der Waals surface area contributed by atoms with Crippen molar-refractivity contribution in [1.82, 2.24) is 0 Å². The molecule has 2 aromatic carbocycles. The number of phenols is 2. The lowest BCUT2D eigenvalue weighted by molar-refractivity contribution is 0.262. The lowest BCUT2D eigenvalue weighted by Gasteiger charge is -2.36. The van der Waals surface area contributed by atoms with Crippen LogP contribution in [0.2, 0.25) is 0 Å². The average molecular weight is 402 g/mol. The summed E-state index contributed by atoms with van der Waals surface area (Å²) >= 11 is 0. The number of rotatable bonds is 6. The Bertz CT molecular complexity index is 739. The van der Waals surface area contributed by atoms with Crippen molar-refractivity contribution in [1.29, 1.82) is 0 Å². The van der Waals surface area contributed by atoms with Gasteiger partial charge in [0.15, 0.2) is 0 Å². The smallest absolute Gasteiger partial charge is 0.126 e. The molecule has 0 atom stereocenters. The van der Waals surface area contributed by atoms with Gasteiger partial charge in [0.2, 0.25) is 0 Å². The third kappa shape index (κ3) is 3.98. The molecule has 2 aromatic rings. The Morgan fingerprint density at radius 3 is 1.14 bits per heavy atom. The Morgan fingerprint density at radius 1 is 0.552 bits per heavy atom. The summed E-state index contributed by atoms with van der Waals surface area (Å²) in [5.41, 5.74) is 2.72. The molecule has 1 fully saturated rings. The summed E-state index contributed by atoms with van der Waals surface area (Å²) in [5.74, 6) is -0.194. The number of aromatic hydroxyl groups is 2. The number of aliphatic hydroxyl groups is 4.